The number of carboxylic acid groups (broad SMARTS) is 1. The molecule has 1 heterocycles. The lowest BCUT2D eigenvalue weighted by Crippen LogP contribution is -2.26. The molecule has 1 saturated heterocycles. The summed E-state index contributed by atoms with van der Waals surface area (Å²) in [7, 11) is 0. The lowest BCUT2D eigenvalue weighted by atomic mass is 10.3. The van der Waals surface area contributed by atoms with Crippen molar-refractivity contribution >= 4 is 5.97 Å². The third kappa shape index (κ3) is 5.94. The summed E-state index contributed by atoms with van der Waals surface area (Å²) in [5.41, 5.74) is 0. The molecule has 4 nitrogen and oxygen atoms in total. The number of carboxylic acids is 1. The first kappa shape index (κ1) is 13.4. The van der Waals surface area contributed by atoms with Gasteiger partial charge in [0.05, 0.1) is 0 Å². The molecule has 1 fully saturated rings. The van der Waals surface area contributed by atoms with Crippen molar-refractivity contribution < 1.29 is 15.0 Å². The summed E-state index contributed by atoms with van der Waals surface area (Å²) in [6.45, 7) is 8.40. The van der Waals surface area contributed by atoms with Gasteiger partial charge in [0.2, 0.25) is 0 Å². The van der Waals surface area contributed by atoms with Gasteiger partial charge in [-0.15, -0.1) is 0 Å². The quantitative estimate of drug-likeness (QED) is 0.701. The van der Waals surface area contributed by atoms with Crippen LogP contribution in [0.15, 0.2) is 0 Å². The first-order chi connectivity index (χ1) is 6.45. The number of likely N-dealkylation sites (tertiary alicyclic amines) is 1. The zero-order chi connectivity index (χ0) is 11.1. The highest BCUT2D eigenvalue weighted by atomic mass is 16.4. The van der Waals surface area contributed by atoms with Gasteiger partial charge in [0.15, 0.2) is 0 Å². The fraction of sp³-hybridized carbons (Fsp3) is 0.900. The van der Waals surface area contributed by atoms with Crippen molar-refractivity contribution in [2.75, 3.05) is 13.1 Å². The average Bonchev–Trinajstić information content (AvgIpc) is 2.56. The number of aliphatic carboxylic acids is 1. The van der Waals surface area contributed by atoms with Gasteiger partial charge < -0.3 is 15.1 Å². The number of hydrogen-bond donors (Lipinski definition) is 2. The maximum atomic E-state index is 9.45. The maximum Gasteiger partial charge on any atom is 0.332 e. The number of aliphatic hydroxyl groups excluding tert-OH is 1. The number of nitrogens with zero attached hydrogens (tertiary/aromatic N) is 1. The van der Waals surface area contributed by atoms with Crippen LogP contribution in [0.1, 0.15) is 33.6 Å². The molecule has 1 atom stereocenters. The van der Waals surface area contributed by atoms with E-state index < -0.39 is 12.1 Å². The van der Waals surface area contributed by atoms with Crippen molar-refractivity contribution in [1.82, 2.24) is 4.90 Å². The second kappa shape index (κ2) is 6.79. The van der Waals surface area contributed by atoms with Crippen LogP contribution in [0.4, 0.5) is 0 Å². The van der Waals surface area contributed by atoms with E-state index >= 15 is 0 Å². The lowest BCUT2D eigenvalue weighted by molar-refractivity contribution is -0.145. The van der Waals surface area contributed by atoms with Crippen LogP contribution < -0.4 is 0 Å². The minimum absolute atomic E-state index is 0.775. The van der Waals surface area contributed by atoms with E-state index in [0.29, 0.717) is 0 Å². The van der Waals surface area contributed by atoms with Gasteiger partial charge in [-0.1, -0.05) is 0 Å². The van der Waals surface area contributed by atoms with Gasteiger partial charge in [-0.25, -0.2) is 4.79 Å². The fourth-order valence-corrected chi connectivity index (χ4v) is 1.26. The van der Waals surface area contributed by atoms with Gasteiger partial charge in [-0.2, -0.15) is 0 Å². The zero-order valence-corrected chi connectivity index (χ0v) is 9.23. The molecule has 4 heteroatoms. The Bertz CT molecular complexity index is 163. The van der Waals surface area contributed by atoms with Crippen LogP contribution in [0.3, 0.4) is 0 Å². The summed E-state index contributed by atoms with van der Waals surface area (Å²) in [6, 6.07) is 0.775. The summed E-state index contributed by atoms with van der Waals surface area (Å²) >= 11 is 0. The first-order valence-electron chi connectivity index (χ1n) is 5.10. The van der Waals surface area contributed by atoms with Crippen molar-refractivity contribution in [2.45, 2.75) is 45.8 Å². The standard InChI is InChI=1S/C7H15N.C3H6O3/c1-7(2)8-5-3-4-6-8;1-2(4)3(5)6/h7H,3-6H2,1-2H3;2,4H,1H3,(H,5,6). The normalized spacial score (nSPS) is 18.9. The Hall–Kier alpha value is -0.610. The minimum atomic E-state index is -1.23. The highest BCUT2D eigenvalue weighted by Gasteiger charge is 2.13. The molecule has 0 amide bonds. The first-order valence-corrected chi connectivity index (χ1v) is 5.10. The Labute approximate surface area is 85.5 Å². The Kier molecular flexibility index (Phi) is 6.49. The summed E-state index contributed by atoms with van der Waals surface area (Å²) in [5, 5.41) is 15.8. The van der Waals surface area contributed by atoms with Crippen LogP contribution in [-0.4, -0.2) is 46.3 Å². The molecule has 0 bridgehead atoms. The Morgan fingerprint density at radius 1 is 1.21 bits per heavy atom. The van der Waals surface area contributed by atoms with E-state index in [1.165, 1.54) is 32.9 Å². The number of rotatable bonds is 2. The van der Waals surface area contributed by atoms with Gasteiger partial charge >= 0.3 is 5.97 Å². The lowest BCUT2D eigenvalue weighted by Gasteiger charge is -2.18. The van der Waals surface area contributed by atoms with E-state index in [4.69, 9.17) is 10.2 Å². The van der Waals surface area contributed by atoms with E-state index in [-0.39, 0.29) is 0 Å². The minimum Gasteiger partial charge on any atom is -0.479 e. The maximum absolute atomic E-state index is 9.45. The molecule has 14 heavy (non-hydrogen) atoms. The third-order valence-corrected chi connectivity index (χ3v) is 2.23. The summed E-state index contributed by atoms with van der Waals surface area (Å²) in [4.78, 5) is 12.0. The molecule has 2 N–H and O–H groups in total. The molecular weight excluding hydrogens is 182 g/mol. The smallest absolute Gasteiger partial charge is 0.332 e. The summed E-state index contributed by atoms with van der Waals surface area (Å²) in [5.74, 6) is -1.19. The molecule has 1 aliphatic rings. The van der Waals surface area contributed by atoms with Crippen molar-refractivity contribution in [3.8, 4) is 0 Å². The predicted octanol–water partition coefficient (Wildman–Crippen LogP) is 0.942. The second-order valence-electron chi connectivity index (χ2n) is 3.85. The molecular formula is C10H21NO3. The fourth-order valence-electron chi connectivity index (χ4n) is 1.26. The highest BCUT2D eigenvalue weighted by Crippen LogP contribution is 2.09. The molecule has 84 valence electrons. The molecule has 0 aromatic carbocycles. The van der Waals surface area contributed by atoms with Crippen LogP contribution >= 0.6 is 0 Å². The van der Waals surface area contributed by atoms with Crippen molar-refractivity contribution in [3.05, 3.63) is 0 Å². The van der Waals surface area contributed by atoms with Gasteiger partial charge in [-0.3, -0.25) is 0 Å². The molecule has 0 aliphatic carbocycles. The Morgan fingerprint density at radius 3 is 1.71 bits per heavy atom. The molecule has 1 aliphatic heterocycles. The van der Waals surface area contributed by atoms with Gasteiger partial charge in [0.1, 0.15) is 6.10 Å². The molecule has 0 aromatic rings. The molecule has 0 spiro atoms. The van der Waals surface area contributed by atoms with Crippen molar-refractivity contribution in [1.29, 1.82) is 0 Å². The van der Waals surface area contributed by atoms with Gasteiger partial charge in [0.25, 0.3) is 0 Å². The SMILES string of the molecule is CC(C)N1CCCC1.CC(O)C(=O)O. The van der Waals surface area contributed by atoms with Crippen LogP contribution in [0.2, 0.25) is 0 Å². The van der Waals surface area contributed by atoms with E-state index in [1.54, 1.807) is 0 Å². The number of aliphatic hydroxyl groups is 1. The molecule has 0 aromatic heterocycles. The largest absolute Gasteiger partial charge is 0.479 e. The number of hydrogen-bond acceptors (Lipinski definition) is 3. The zero-order valence-electron chi connectivity index (χ0n) is 9.23. The highest BCUT2D eigenvalue weighted by molar-refractivity contribution is 5.71. The Balaban J connectivity index is 0.000000255. The van der Waals surface area contributed by atoms with Crippen LogP contribution in [0.5, 0.6) is 0 Å². The third-order valence-electron chi connectivity index (χ3n) is 2.23. The number of carbonyl (C=O) groups is 1. The van der Waals surface area contributed by atoms with Crippen LogP contribution in [-0.2, 0) is 4.79 Å². The molecule has 0 saturated carbocycles. The van der Waals surface area contributed by atoms with E-state index in [1.807, 2.05) is 0 Å². The van der Waals surface area contributed by atoms with E-state index in [9.17, 15) is 4.79 Å². The summed E-state index contributed by atoms with van der Waals surface area (Å²) in [6.07, 6.45) is 1.60. The monoisotopic (exact) mass is 203 g/mol. The summed E-state index contributed by atoms with van der Waals surface area (Å²) < 4.78 is 0. The molecule has 1 rings (SSSR count). The van der Waals surface area contributed by atoms with Crippen LogP contribution in [0, 0.1) is 0 Å². The Morgan fingerprint density at radius 2 is 1.57 bits per heavy atom. The van der Waals surface area contributed by atoms with Crippen molar-refractivity contribution in [3.63, 3.8) is 0 Å². The van der Waals surface area contributed by atoms with Crippen molar-refractivity contribution in [2.24, 2.45) is 0 Å². The second-order valence-corrected chi connectivity index (χ2v) is 3.85. The van der Waals surface area contributed by atoms with E-state index in [0.717, 1.165) is 6.04 Å². The topological polar surface area (TPSA) is 60.8 Å². The average molecular weight is 203 g/mol. The predicted molar refractivity (Wildman–Crippen MR) is 55.3 cm³/mol. The van der Waals surface area contributed by atoms with E-state index in [2.05, 4.69) is 18.7 Å². The van der Waals surface area contributed by atoms with Gasteiger partial charge in [0, 0.05) is 6.04 Å². The molecule has 0 radical (unpaired) electrons. The van der Waals surface area contributed by atoms with Gasteiger partial charge in [-0.05, 0) is 46.7 Å². The van der Waals surface area contributed by atoms with Crippen LogP contribution in [0.25, 0.3) is 0 Å². The molecule has 1 unspecified atom stereocenters.